The fourth-order valence-electron chi connectivity index (χ4n) is 1.63. The molecule has 0 bridgehead atoms. The lowest BCUT2D eigenvalue weighted by molar-refractivity contribution is 0.0696. The summed E-state index contributed by atoms with van der Waals surface area (Å²) in [5.41, 5.74) is 1.46. The standard InChI is InChI=1S/C14H14N4O3/c1-2-15-14(21)18-12-6-4-9(7-17-12)11-5-3-10(8-16-11)13(19)20/h3-8H,2H2,1H3,(H,19,20)(H2,15,17,18,21). The molecule has 2 heterocycles. The molecule has 21 heavy (non-hydrogen) atoms. The van der Waals surface area contributed by atoms with Gasteiger partial charge in [0.2, 0.25) is 0 Å². The van der Waals surface area contributed by atoms with Crippen molar-refractivity contribution in [3.63, 3.8) is 0 Å². The van der Waals surface area contributed by atoms with Crippen LogP contribution in [0, 0.1) is 0 Å². The molecule has 0 fully saturated rings. The average molecular weight is 286 g/mol. The van der Waals surface area contributed by atoms with Gasteiger partial charge in [-0.15, -0.1) is 0 Å². The molecule has 0 aliphatic carbocycles. The van der Waals surface area contributed by atoms with Crippen molar-refractivity contribution in [1.82, 2.24) is 15.3 Å². The van der Waals surface area contributed by atoms with Gasteiger partial charge in [0.25, 0.3) is 0 Å². The first-order valence-corrected chi connectivity index (χ1v) is 6.30. The molecule has 0 aromatic carbocycles. The third kappa shape index (κ3) is 3.75. The molecule has 2 rings (SSSR count). The summed E-state index contributed by atoms with van der Waals surface area (Å²) in [7, 11) is 0. The number of nitrogens with one attached hydrogen (secondary N) is 2. The molecule has 108 valence electrons. The molecule has 0 aliphatic rings. The van der Waals surface area contributed by atoms with E-state index in [0.29, 0.717) is 18.1 Å². The number of aromatic nitrogens is 2. The summed E-state index contributed by atoms with van der Waals surface area (Å²) < 4.78 is 0. The van der Waals surface area contributed by atoms with Gasteiger partial charge in [0.1, 0.15) is 5.82 Å². The first-order valence-electron chi connectivity index (χ1n) is 6.30. The second kappa shape index (κ2) is 6.47. The Morgan fingerprint density at radius 2 is 1.95 bits per heavy atom. The van der Waals surface area contributed by atoms with Gasteiger partial charge < -0.3 is 10.4 Å². The molecule has 2 amide bonds. The molecule has 7 heteroatoms. The first-order chi connectivity index (χ1) is 10.1. The Bertz CT molecular complexity index is 638. The molecule has 3 N–H and O–H groups in total. The highest BCUT2D eigenvalue weighted by Crippen LogP contribution is 2.17. The van der Waals surface area contributed by atoms with Crippen LogP contribution in [0.25, 0.3) is 11.3 Å². The molecular weight excluding hydrogens is 272 g/mol. The zero-order chi connectivity index (χ0) is 15.2. The summed E-state index contributed by atoms with van der Waals surface area (Å²) in [6.45, 7) is 2.35. The summed E-state index contributed by atoms with van der Waals surface area (Å²) in [5.74, 6) is -0.597. The van der Waals surface area contributed by atoms with Crippen LogP contribution in [0.4, 0.5) is 10.6 Å². The molecule has 0 saturated carbocycles. The van der Waals surface area contributed by atoms with Crippen molar-refractivity contribution in [3.8, 4) is 11.3 Å². The minimum absolute atomic E-state index is 0.126. The van der Waals surface area contributed by atoms with Crippen LogP contribution in [0.2, 0.25) is 0 Å². The number of carboxylic acid groups (broad SMARTS) is 1. The van der Waals surface area contributed by atoms with E-state index < -0.39 is 5.97 Å². The van der Waals surface area contributed by atoms with Crippen LogP contribution < -0.4 is 10.6 Å². The monoisotopic (exact) mass is 286 g/mol. The zero-order valence-corrected chi connectivity index (χ0v) is 11.3. The van der Waals surface area contributed by atoms with Gasteiger partial charge >= 0.3 is 12.0 Å². The van der Waals surface area contributed by atoms with Crippen LogP contribution in [0.15, 0.2) is 36.7 Å². The normalized spacial score (nSPS) is 9.95. The van der Waals surface area contributed by atoms with Crippen molar-refractivity contribution in [2.75, 3.05) is 11.9 Å². The highest BCUT2D eigenvalue weighted by atomic mass is 16.4. The lowest BCUT2D eigenvalue weighted by Gasteiger charge is -2.06. The average Bonchev–Trinajstić information content (AvgIpc) is 2.48. The molecule has 0 saturated heterocycles. The summed E-state index contributed by atoms with van der Waals surface area (Å²) in [6, 6.07) is 6.17. The van der Waals surface area contributed by atoms with Crippen LogP contribution in [-0.2, 0) is 0 Å². The van der Waals surface area contributed by atoms with Gasteiger partial charge in [-0.05, 0) is 31.2 Å². The van der Waals surface area contributed by atoms with E-state index in [1.165, 1.54) is 12.3 Å². The predicted molar refractivity (Wildman–Crippen MR) is 77.1 cm³/mol. The molecule has 0 radical (unpaired) electrons. The minimum atomic E-state index is -1.02. The van der Waals surface area contributed by atoms with E-state index in [4.69, 9.17) is 5.11 Å². The SMILES string of the molecule is CCNC(=O)Nc1ccc(-c2ccc(C(=O)O)cn2)cn1. The van der Waals surface area contributed by atoms with Crippen LogP contribution in [0.5, 0.6) is 0 Å². The van der Waals surface area contributed by atoms with Gasteiger partial charge in [0, 0.05) is 24.5 Å². The quantitative estimate of drug-likeness (QED) is 0.797. The zero-order valence-electron chi connectivity index (χ0n) is 11.3. The number of carboxylic acids is 1. The van der Waals surface area contributed by atoms with E-state index in [9.17, 15) is 9.59 Å². The number of rotatable bonds is 4. The second-order valence-electron chi connectivity index (χ2n) is 4.15. The molecule has 0 atom stereocenters. The largest absolute Gasteiger partial charge is 0.478 e. The fourth-order valence-corrected chi connectivity index (χ4v) is 1.63. The molecule has 0 aliphatic heterocycles. The van der Waals surface area contributed by atoms with E-state index >= 15 is 0 Å². The van der Waals surface area contributed by atoms with Crippen molar-refractivity contribution in [2.24, 2.45) is 0 Å². The Morgan fingerprint density at radius 3 is 2.48 bits per heavy atom. The van der Waals surface area contributed by atoms with E-state index in [-0.39, 0.29) is 11.6 Å². The summed E-state index contributed by atoms with van der Waals surface area (Å²) in [5, 5.41) is 14.0. The van der Waals surface area contributed by atoms with E-state index in [1.54, 1.807) is 24.4 Å². The number of carbonyl (C=O) groups is 2. The number of hydrogen-bond donors (Lipinski definition) is 3. The van der Waals surface area contributed by atoms with Crippen LogP contribution in [0.3, 0.4) is 0 Å². The van der Waals surface area contributed by atoms with Crippen LogP contribution in [-0.4, -0.2) is 33.6 Å². The second-order valence-corrected chi connectivity index (χ2v) is 4.15. The number of urea groups is 1. The van der Waals surface area contributed by atoms with Gasteiger partial charge in [-0.2, -0.15) is 0 Å². The predicted octanol–water partition coefficient (Wildman–Crippen LogP) is 1.98. The Labute approximate surface area is 121 Å². The maximum absolute atomic E-state index is 11.3. The van der Waals surface area contributed by atoms with Gasteiger partial charge in [-0.25, -0.2) is 14.6 Å². The van der Waals surface area contributed by atoms with Crippen LogP contribution >= 0.6 is 0 Å². The number of anilines is 1. The third-order valence-corrected chi connectivity index (χ3v) is 2.65. The van der Waals surface area contributed by atoms with Crippen molar-refractivity contribution >= 4 is 17.8 Å². The van der Waals surface area contributed by atoms with Gasteiger partial charge in [-0.3, -0.25) is 10.3 Å². The number of carbonyl (C=O) groups excluding carboxylic acids is 1. The Kier molecular flexibility index (Phi) is 4.45. The summed E-state index contributed by atoms with van der Waals surface area (Å²) >= 11 is 0. The summed E-state index contributed by atoms with van der Waals surface area (Å²) in [4.78, 5) is 30.3. The van der Waals surface area contributed by atoms with Crippen molar-refractivity contribution in [1.29, 1.82) is 0 Å². The number of amides is 2. The number of nitrogens with zero attached hydrogens (tertiary/aromatic N) is 2. The van der Waals surface area contributed by atoms with E-state index in [2.05, 4.69) is 20.6 Å². The molecule has 0 spiro atoms. The first kappa shape index (κ1) is 14.4. The lowest BCUT2D eigenvalue weighted by Crippen LogP contribution is -2.28. The Morgan fingerprint density at radius 1 is 1.14 bits per heavy atom. The Hall–Kier alpha value is -2.96. The van der Waals surface area contributed by atoms with E-state index in [1.807, 2.05) is 6.92 Å². The number of hydrogen-bond acceptors (Lipinski definition) is 4. The van der Waals surface area contributed by atoms with Gasteiger partial charge in [-0.1, -0.05) is 0 Å². The topological polar surface area (TPSA) is 104 Å². The fraction of sp³-hybridized carbons (Fsp3) is 0.143. The van der Waals surface area contributed by atoms with Crippen molar-refractivity contribution in [2.45, 2.75) is 6.92 Å². The number of pyridine rings is 2. The maximum Gasteiger partial charge on any atom is 0.337 e. The van der Waals surface area contributed by atoms with Gasteiger partial charge in [0.15, 0.2) is 0 Å². The maximum atomic E-state index is 11.3. The van der Waals surface area contributed by atoms with Gasteiger partial charge in [0.05, 0.1) is 11.3 Å². The Balaban J connectivity index is 2.11. The molecule has 2 aromatic rings. The molecule has 7 nitrogen and oxygen atoms in total. The number of aromatic carboxylic acids is 1. The molecular formula is C14H14N4O3. The van der Waals surface area contributed by atoms with E-state index in [0.717, 1.165) is 5.56 Å². The van der Waals surface area contributed by atoms with Crippen molar-refractivity contribution < 1.29 is 14.7 Å². The van der Waals surface area contributed by atoms with Crippen molar-refractivity contribution in [3.05, 3.63) is 42.2 Å². The minimum Gasteiger partial charge on any atom is -0.478 e. The summed E-state index contributed by atoms with van der Waals surface area (Å²) in [6.07, 6.45) is 2.85. The smallest absolute Gasteiger partial charge is 0.337 e. The highest BCUT2D eigenvalue weighted by Gasteiger charge is 2.06. The highest BCUT2D eigenvalue weighted by molar-refractivity contribution is 5.88. The third-order valence-electron chi connectivity index (χ3n) is 2.65. The molecule has 0 unspecified atom stereocenters. The lowest BCUT2D eigenvalue weighted by atomic mass is 10.1. The van der Waals surface area contributed by atoms with Crippen LogP contribution in [0.1, 0.15) is 17.3 Å². The molecule has 2 aromatic heterocycles.